The van der Waals surface area contributed by atoms with Crippen LogP contribution in [0.2, 0.25) is 18.1 Å². The Hall–Kier alpha value is -2.08. The molecule has 0 spiro atoms. The van der Waals surface area contributed by atoms with E-state index in [2.05, 4.69) is 38.6 Å². The summed E-state index contributed by atoms with van der Waals surface area (Å²) in [6, 6.07) is 7.55. The second-order valence-corrected chi connectivity index (χ2v) is 12.1. The van der Waals surface area contributed by atoms with Gasteiger partial charge < -0.3 is 13.9 Å². The standard InChI is InChI=1S/C19H28O5Si/c1-19(2,3)25(6,7)24-16-10-8-14(9-11-16)12-15(18(21)23-5)13-17(20)22-4/h8-11,13H,12H2,1-7H3/b15-13+. The zero-order valence-electron chi connectivity index (χ0n) is 16.1. The summed E-state index contributed by atoms with van der Waals surface area (Å²) in [4.78, 5) is 23.2. The quantitative estimate of drug-likeness (QED) is 0.435. The molecule has 0 atom stereocenters. The molecule has 1 rings (SSSR count). The maximum atomic E-state index is 11.8. The lowest BCUT2D eigenvalue weighted by atomic mass is 10.0. The topological polar surface area (TPSA) is 61.8 Å². The molecular formula is C19H28O5Si. The Morgan fingerprint density at radius 3 is 2.04 bits per heavy atom. The number of esters is 2. The van der Waals surface area contributed by atoms with Gasteiger partial charge in [0.1, 0.15) is 5.75 Å². The van der Waals surface area contributed by atoms with E-state index < -0.39 is 20.3 Å². The number of benzene rings is 1. The first kappa shape index (κ1) is 21.0. The number of hydrogen-bond acceptors (Lipinski definition) is 5. The first-order valence-electron chi connectivity index (χ1n) is 8.15. The molecule has 0 heterocycles. The van der Waals surface area contributed by atoms with Crippen LogP contribution in [-0.4, -0.2) is 34.5 Å². The van der Waals surface area contributed by atoms with E-state index in [0.717, 1.165) is 17.4 Å². The number of hydrogen-bond donors (Lipinski definition) is 0. The third-order valence-corrected chi connectivity index (χ3v) is 8.80. The summed E-state index contributed by atoms with van der Waals surface area (Å²) in [6.07, 6.45) is 1.44. The minimum atomic E-state index is -1.89. The van der Waals surface area contributed by atoms with Crippen molar-refractivity contribution in [3.63, 3.8) is 0 Å². The molecule has 25 heavy (non-hydrogen) atoms. The van der Waals surface area contributed by atoms with Crippen molar-refractivity contribution >= 4 is 20.3 Å². The lowest BCUT2D eigenvalue weighted by Crippen LogP contribution is -2.43. The van der Waals surface area contributed by atoms with E-state index in [-0.39, 0.29) is 17.0 Å². The minimum absolute atomic E-state index is 0.118. The van der Waals surface area contributed by atoms with Gasteiger partial charge in [-0.2, -0.15) is 0 Å². The van der Waals surface area contributed by atoms with E-state index in [1.165, 1.54) is 14.2 Å². The predicted octanol–water partition coefficient (Wildman–Crippen LogP) is 3.89. The maximum Gasteiger partial charge on any atom is 0.334 e. The van der Waals surface area contributed by atoms with Gasteiger partial charge in [-0.15, -0.1) is 0 Å². The van der Waals surface area contributed by atoms with Crippen LogP contribution in [0.5, 0.6) is 5.75 Å². The van der Waals surface area contributed by atoms with Crippen LogP contribution in [0.25, 0.3) is 0 Å². The molecule has 1 aromatic carbocycles. The van der Waals surface area contributed by atoms with Gasteiger partial charge >= 0.3 is 11.9 Å². The molecule has 0 unspecified atom stereocenters. The zero-order valence-corrected chi connectivity index (χ0v) is 17.1. The van der Waals surface area contributed by atoms with Crippen LogP contribution >= 0.6 is 0 Å². The van der Waals surface area contributed by atoms with Crippen molar-refractivity contribution in [3.05, 3.63) is 41.5 Å². The Morgan fingerprint density at radius 2 is 1.60 bits per heavy atom. The predicted molar refractivity (Wildman–Crippen MR) is 100 cm³/mol. The minimum Gasteiger partial charge on any atom is -0.544 e. The molecule has 138 valence electrons. The lowest BCUT2D eigenvalue weighted by Gasteiger charge is -2.36. The normalized spacial score (nSPS) is 12.5. The Morgan fingerprint density at radius 1 is 1.04 bits per heavy atom. The Labute approximate surface area is 151 Å². The van der Waals surface area contributed by atoms with Crippen molar-refractivity contribution in [1.82, 2.24) is 0 Å². The lowest BCUT2D eigenvalue weighted by molar-refractivity contribution is -0.138. The number of methoxy groups -OCH3 is 2. The van der Waals surface area contributed by atoms with Crippen molar-refractivity contribution in [2.45, 2.75) is 45.3 Å². The van der Waals surface area contributed by atoms with Crippen molar-refractivity contribution in [3.8, 4) is 5.75 Å². The third kappa shape index (κ3) is 6.05. The van der Waals surface area contributed by atoms with Gasteiger partial charge in [0.15, 0.2) is 0 Å². The van der Waals surface area contributed by atoms with Gasteiger partial charge in [0.2, 0.25) is 8.32 Å². The summed E-state index contributed by atoms with van der Waals surface area (Å²) >= 11 is 0. The second-order valence-electron chi connectivity index (χ2n) is 7.37. The molecule has 0 saturated carbocycles. The molecular weight excluding hydrogens is 336 g/mol. The summed E-state index contributed by atoms with van der Waals surface area (Å²) < 4.78 is 15.5. The van der Waals surface area contributed by atoms with Crippen molar-refractivity contribution in [2.24, 2.45) is 0 Å². The molecule has 0 radical (unpaired) electrons. The van der Waals surface area contributed by atoms with E-state index in [0.29, 0.717) is 0 Å². The molecule has 0 fully saturated rings. The molecule has 0 saturated heterocycles. The molecule has 0 aliphatic rings. The molecule has 0 aliphatic heterocycles. The fourth-order valence-corrected chi connectivity index (χ4v) is 2.89. The molecule has 0 amide bonds. The SMILES string of the molecule is COC(=O)/C=C(\Cc1ccc(O[Si](C)(C)C(C)(C)C)cc1)C(=O)OC. The summed E-state index contributed by atoms with van der Waals surface area (Å²) in [5.74, 6) is -0.322. The van der Waals surface area contributed by atoms with Crippen LogP contribution in [0.3, 0.4) is 0 Å². The number of carbonyl (C=O) groups is 2. The molecule has 0 N–H and O–H groups in total. The average Bonchev–Trinajstić information content (AvgIpc) is 2.53. The first-order valence-corrected chi connectivity index (χ1v) is 11.1. The van der Waals surface area contributed by atoms with Crippen LogP contribution in [0.15, 0.2) is 35.9 Å². The highest BCUT2D eigenvalue weighted by Crippen LogP contribution is 2.37. The molecule has 0 aliphatic carbocycles. The maximum absolute atomic E-state index is 11.8. The molecule has 6 heteroatoms. The van der Waals surface area contributed by atoms with Gasteiger partial charge in [-0.05, 0) is 35.8 Å². The fraction of sp³-hybridized carbons (Fsp3) is 0.474. The highest BCUT2D eigenvalue weighted by atomic mass is 28.4. The summed E-state index contributed by atoms with van der Waals surface area (Å²) in [5, 5.41) is 0.118. The average molecular weight is 365 g/mol. The molecule has 5 nitrogen and oxygen atoms in total. The molecule has 0 bridgehead atoms. The zero-order chi connectivity index (χ0) is 19.3. The number of ether oxygens (including phenoxy) is 2. The van der Waals surface area contributed by atoms with Gasteiger partial charge in [0.05, 0.1) is 14.2 Å². The van der Waals surface area contributed by atoms with E-state index in [4.69, 9.17) is 9.16 Å². The highest BCUT2D eigenvalue weighted by molar-refractivity contribution is 6.74. The van der Waals surface area contributed by atoms with Crippen molar-refractivity contribution in [1.29, 1.82) is 0 Å². The van der Waals surface area contributed by atoms with E-state index in [1.807, 2.05) is 24.3 Å². The third-order valence-electron chi connectivity index (χ3n) is 4.44. The van der Waals surface area contributed by atoms with Crippen molar-refractivity contribution < 1.29 is 23.5 Å². The largest absolute Gasteiger partial charge is 0.544 e. The van der Waals surface area contributed by atoms with Gasteiger partial charge in [-0.25, -0.2) is 9.59 Å². The Balaban J connectivity index is 2.93. The summed E-state index contributed by atoms with van der Waals surface area (Å²) in [5.41, 5.74) is 1.12. The van der Waals surface area contributed by atoms with E-state index in [9.17, 15) is 9.59 Å². The second kappa shape index (κ2) is 8.34. The number of carbonyl (C=O) groups excluding carboxylic acids is 2. The van der Waals surface area contributed by atoms with Crippen molar-refractivity contribution in [2.75, 3.05) is 14.2 Å². The first-order chi connectivity index (χ1) is 11.5. The van der Waals surface area contributed by atoms with Crippen LogP contribution in [0.1, 0.15) is 26.3 Å². The molecule has 1 aromatic rings. The van der Waals surface area contributed by atoms with Gasteiger partial charge in [-0.3, -0.25) is 0 Å². The van der Waals surface area contributed by atoms with Crippen LogP contribution in [0, 0.1) is 0 Å². The number of rotatable bonds is 6. The van der Waals surface area contributed by atoms with E-state index >= 15 is 0 Å². The smallest absolute Gasteiger partial charge is 0.334 e. The summed E-state index contributed by atoms with van der Waals surface area (Å²) in [7, 11) is 0.654. The highest BCUT2D eigenvalue weighted by Gasteiger charge is 2.38. The summed E-state index contributed by atoms with van der Waals surface area (Å²) in [6.45, 7) is 10.9. The van der Waals surface area contributed by atoms with Gasteiger partial charge in [-0.1, -0.05) is 32.9 Å². The fourth-order valence-electron chi connectivity index (χ4n) is 1.86. The molecule has 0 aromatic heterocycles. The van der Waals surface area contributed by atoms with Gasteiger partial charge in [0, 0.05) is 18.1 Å². The van der Waals surface area contributed by atoms with Crippen LogP contribution in [-0.2, 0) is 25.5 Å². The van der Waals surface area contributed by atoms with Crippen LogP contribution < -0.4 is 4.43 Å². The van der Waals surface area contributed by atoms with Gasteiger partial charge in [0.25, 0.3) is 0 Å². The van der Waals surface area contributed by atoms with Crippen LogP contribution in [0.4, 0.5) is 0 Å². The Bertz CT molecular complexity index is 639. The Kier molecular flexibility index (Phi) is 6.99. The monoisotopic (exact) mass is 364 g/mol. The van der Waals surface area contributed by atoms with E-state index in [1.54, 1.807) is 0 Å².